The Labute approximate surface area is 212 Å². The van der Waals surface area contributed by atoms with Gasteiger partial charge in [-0.2, -0.15) is 18.3 Å². The fourth-order valence-corrected chi connectivity index (χ4v) is 4.58. The van der Waals surface area contributed by atoms with Crippen LogP contribution in [0.25, 0.3) is 0 Å². The third kappa shape index (κ3) is 7.04. The third-order valence-electron chi connectivity index (χ3n) is 6.95. The van der Waals surface area contributed by atoms with Crippen LogP contribution in [0, 0.1) is 12.8 Å². The van der Waals surface area contributed by atoms with Crippen molar-refractivity contribution in [2.24, 2.45) is 5.92 Å². The predicted octanol–water partition coefficient (Wildman–Crippen LogP) is 2.52. The number of H-pyrrole nitrogens is 1. The zero-order valence-corrected chi connectivity index (χ0v) is 20.6. The normalized spacial score (nSPS) is 19.7. The maximum atomic E-state index is 12.7. The van der Waals surface area contributed by atoms with Crippen LogP contribution in [0.5, 0.6) is 0 Å². The lowest BCUT2D eigenvalue weighted by atomic mass is 9.95. The number of ether oxygens (including phenoxy) is 2. The number of piperidine rings is 1. The molecule has 0 bridgehead atoms. The van der Waals surface area contributed by atoms with Crippen molar-refractivity contribution in [2.45, 2.75) is 50.7 Å². The number of hydrogen-bond acceptors (Lipinski definition) is 8. The average molecular weight is 525 g/mol. The Morgan fingerprint density at radius 1 is 1.24 bits per heavy atom. The van der Waals surface area contributed by atoms with Gasteiger partial charge in [0, 0.05) is 49.5 Å². The second kappa shape index (κ2) is 12.0. The van der Waals surface area contributed by atoms with Crippen LogP contribution < -0.4 is 10.9 Å². The molecule has 4 rings (SSSR count). The molecule has 202 valence electrons. The average Bonchev–Trinajstić information content (AvgIpc) is 3.43. The first-order valence-electron chi connectivity index (χ1n) is 12.4. The number of carbonyl (C=O) groups is 1. The highest BCUT2D eigenvalue weighted by Crippen LogP contribution is 2.30. The number of likely N-dealkylation sites (tertiary alicyclic amines) is 1. The summed E-state index contributed by atoms with van der Waals surface area (Å²) < 4.78 is 49.5. The molecule has 0 spiro atoms. The maximum Gasteiger partial charge on any atom is 0.419 e. The quantitative estimate of drug-likeness (QED) is 0.480. The lowest BCUT2D eigenvalue weighted by Crippen LogP contribution is -2.39. The van der Waals surface area contributed by atoms with Gasteiger partial charge in [0.25, 0.3) is 5.56 Å². The Morgan fingerprint density at radius 2 is 1.97 bits per heavy atom. The molecule has 2 aromatic heterocycles. The van der Waals surface area contributed by atoms with Crippen molar-refractivity contribution in [1.29, 1.82) is 0 Å². The number of aromatic nitrogens is 4. The van der Waals surface area contributed by atoms with Crippen molar-refractivity contribution in [3.05, 3.63) is 45.9 Å². The monoisotopic (exact) mass is 524 g/mol. The summed E-state index contributed by atoms with van der Waals surface area (Å²) in [6.07, 6.45) is 1.00. The van der Waals surface area contributed by atoms with Gasteiger partial charge in [-0.3, -0.25) is 9.59 Å². The van der Waals surface area contributed by atoms with E-state index in [4.69, 9.17) is 9.47 Å². The summed E-state index contributed by atoms with van der Waals surface area (Å²) in [6, 6.07) is -0.0978. The third-order valence-corrected chi connectivity index (χ3v) is 6.95. The lowest BCUT2D eigenvalue weighted by Gasteiger charge is -2.31. The highest BCUT2D eigenvalue weighted by molar-refractivity contribution is 5.76. The maximum absolute atomic E-state index is 12.7. The van der Waals surface area contributed by atoms with E-state index in [-0.39, 0.29) is 42.4 Å². The zero-order valence-electron chi connectivity index (χ0n) is 20.6. The van der Waals surface area contributed by atoms with E-state index in [2.05, 4.69) is 25.5 Å². The number of aromatic amines is 1. The molecular weight excluding hydrogens is 493 g/mol. The largest absolute Gasteiger partial charge is 0.419 e. The van der Waals surface area contributed by atoms with Crippen LogP contribution in [-0.4, -0.2) is 76.5 Å². The molecule has 2 fully saturated rings. The van der Waals surface area contributed by atoms with Crippen molar-refractivity contribution in [1.82, 2.24) is 25.1 Å². The van der Waals surface area contributed by atoms with Gasteiger partial charge in [0.2, 0.25) is 5.91 Å². The van der Waals surface area contributed by atoms with Crippen LogP contribution in [-0.2, 0) is 20.4 Å². The van der Waals surface area contributed by atoms with Crippen LogP contribution in [0.2, 0.25) is 0 Å². The van der Waals surface area contributed by atoms with Crippen molar-refractivity contribution in [3.8, 4) is 0 Å². The van der Waals surface area contributed by atoms with Gasteiger partial charge in [-0.1, -0.05) is 0 Å². The minimum atomic E-state index is -4.46. The minimum Gasteiger partial charge on any atom is -0.381 e. The summed E-state index contributed by atoms with van der Waals surface area (Å²) in [5.74, 6) is 0.478. The van der Waals surface area contributed by atoms with E-state index in [9.17, 15) is 22.8 Å². The molecule has 2 aliphatic rings. The Balaban J connectivity index is 1.22. The Hall–Kier alpha value is -3.06. The topological polar surface area (TPSA) is 122 Å². The lowest BCUT2D eigenvalue weighted by molar-refractivity contribution is -0.138. The van der Waals surface area contributed by atoms with Crippen molar-refractivity contribution in [2.75, 3.05) is 44.8 Å². The van der Waals surface area contributed by atoms with Gasteiger partial charge in [0.15, 0.2) is 0 Å². The molecule has 0 aliphatic carbocycles. The molecule has 1 amide bonds. The van der Waals surface area contributed by atoms with Crippen molar-refractivity contribution in [3.63, 3.8) is 0 Å². The molecule has 2 aromatic rings. The van der Waals surface area contributed by atoms with Gasteiger partial charge in [0.1, 0.15) is 5.82 Å². The van der Waals surface area contributed by atoms with Gasteiger partial charge in [-0.05, 0) is 26.2 Å². The van der Waals surface area contributed by atoms with Crippen LogP contribution in [0.1, 0.15) is 48.6 Å². The molecule has 0 aromatic carbocycles. The van der Waals surface area contributed by atoms with Crippen LogP contribution in [0.15, 0.2) is 23.4 Å². The van der Waals surface area contributed by atoms with Crippen LogP contribution in [0.4, 0.5) is 18.9 Å². The predicted molar refractivity (Wildman–Crippen MR) is 127 cm³/mol. The zero-order chi connectivity index (χ0) is 26.4. The SMILES string of the molecule is Cc1c(N[C@H](COCCC(=O)N2CCC(c3ncc(C(F)(F)F)cn3)CC2)[C@@H]2CCOC2)cn[nH]c1=O. The van der Waals surface area contributed by atoms with Gasteiger partial charge in [0.05, 0.1) is 49.7 Å². The molecule has 10 nitrogen and oxygen atoms in total. The number of anilines is 1. The molecule has 2 N–H and O–H groups in total. The molecule has 0 unspecified atom stereocenters. The summed E-state index contributed by atoms with van der Waals surface area (Å²) in [7, 11) is 0. The summed E-state index contributed by atoms with van der Waals surface area (Å²) in [4.78, 5) is 34.1. The van der Waals surface area contributed by atoms with E-state index in [0.29, 0.717) is 62.8 Å². The Morgan fingerprint density at radius 3 is 2.62 bits per heavy atom. The first-order chi connectivity index (χ1) is 17.7. The molecule has 0 saturated carbocycles. The van der Waals surface area contributed by atoms with Gasteiger partial charge >= 0.3 is 6.18 Å². The molecule has 2 atom stereocenters. The fourth-order valence-electron chi connectivity index (χ4n) is 4.58. The number of nitrogens with zero attached hydrogens (tertiary/aromatic N) is 4. The smallest absolute Gasteiger partial charge is 0.381 e. The summed E-state index contributed by atoms with van der Waals surface area (Å²) in [5, 5.41) is 9.62. The van der Waals surface area contributed by atoms with Crippen LogP contribution >= 0.6 is 0 Å². The number of alkyl halides is 3. The van der Waals surface area contributed by atoms with E-state index < -0.39 is 11.7 Å². The van der Waals surface area contributed by atoms with E-state index in [1.165, 1.54) is 0 Å². The number of rotatable bonds is 9. The minimum absolute atomic E-state index is 0.0323. The van der Waals surface area contributed by atoms with E-state index in [1.807, 2.05) is 0 Å². The molecule has 4 heterocycles. The fraction of sp³-hybridized carbons (Fsp3) is 0.625. The highest BCUT2D eigenvalue weighted by atomic mass is 19.4. The van der Waals surface area contributed by atoms with Crippen molar-refractivity contribution < 1.29 is 27.4 Å². The van der Waals surface area contributed by atoms with Crippen LogP contribution in [0.3, 0.4) is 0 Å². The first kappa shape index (κ1) is 27.0. The van der Waals surface area contributed by atoms with E-state index in [0.717, 1.165) is 18.8 Å². The number of hydrogen-bond donors (Lipinski definition) is 2. The Kier molecular flexibility index (Phi) is 8.75. The summed E-state index contributed by atoms with van der Waals surface area (Å²) in [5.41, 5.74) is 0.0528. The van der Waals surface area contributed by atoms with Gasteiger partial charge in [-0.15, -0.1) is 0 Å². The first-order valence-corrected chi connectivity index (χ1v) is 12.4. The van der Waals surface area contributed by atoms with E-state index >= 15 is 0 Å². The van der Waals surface area contributed by atoms with Crippen molar-refractivity contribution >= 4 is 11.6 Å². The number of amides is 1. The van der Waals surface area contributed by atoms with Gasteiger partial charge < -0.3 is 19.7 Å². The molecule has 2 saturated heterocycles. The molecule has 13 heteroatoms. The van der Waals surface area contributed by atoms with E-state index in [1.54, 1.807) is 18.0 Å². The molecule has 2 aliphatic heterocycles. The Bertz CT molecular complexity index is 1100. The molecule has 0 radical (unpaired) electrons. The molecular formula is C24H31F3N6O4. The van der Waals surface area contributed by atoms with Gasteiger partial charge in [-0.25, -0.2) is 15.1 Å². The standard InChI is InChI=1S/C24H31F3N6O4/c1-15-19(12-30-32-23(15)35)31-20(17-4-8-36-13-17)14-37-9-5-21(34)33-6-2-16(3-7-33)22-28-10-18(11-29-22)24(25,26)27/h10-12,16-17,20H,2-9,13-14H2,1H3,(H2,31,32,35)/t17-,20-/m1/s1. The highest BCUT2D eigenvalue weighted by Gasteiger charge is 2.32. The number of carbonyl (C=O) groups excluding carboxylic acids is 1. The second-order valence-corrected chi connectivity index (χ2v) is 9.42. The summed E-state index contributed by atoms with van der Waals surface area (Å²) >= 11 is 0. The summed E-state index contributed by atoms with van der Waals surface area (Å²) in [6.45, 7) is 4.56. The molecule has 37 heavy (non-hydrogen) atoms. The number of halogens is 3. The second-order valence-electron chi connectivity index (χ2n) is 9.42. The number of nitrogens with one attached hydrogen (secondary N) is 2.